The number of carboxylic acid groups (broad SMARTS) is 2. The highest BCUT2D eigenvalue weighted by atomic mass is 16.5. The summed E-state index contributed by atoms with van der Waals surface area (Å²) >= 11 is 0. The zero-order chi connectivity index (χ0) is 19.4. The van der Waals surface area contributed by atoms with Crippen molar-refractivity contribution < 1.29 is 24.5 Å². The van der Waals surface area contributed by atoms with Gasteiger partial charge >= 0.3 is 11.9 Å². The Bertz CT molecular complexity index is 504. The quantitative estimate of drug-likeness (QED) is 0.482. The Labute approximate surface area is 156 Å². The van der Waals surface area contributed by atoms with Crippen LogP contribution in [0.15, 0.2) is 0 Å². The second kappa shape index (κ2) is 8.70. The van der Waals surface area contributed by atoms with E-state index in [1.165, 1.54) is 0 Å². The molecule has 26 heavy (non-hydrogen) atoms. The third-order valence-electron chi connectivity index (χ3n) is 6.13. The van der Waals surface area contributed by atoms with Crippen molar-refractivity contribution in [1.82, 2.24) is 5.32 Å². The van der Waals surface area contributed by atoms with Gasteiger partial charge in [-0.3, -0.25) is 4.79 Å². The first-order valence-electron chi connectivity index (χ1n) is 10.0. The molecule has 0 amide bonds. The van der Waals surface area contributed by atoms with Crippen LogP contribution in [0.1, 0.15) is 85.0 Å². The average molecular weight is 370 g/mol. The van der Waals surface area contributed by atoms with Crippen LogP contribution in [0.3, 0.4) is 0 Å². The maximum atomic E-state index is 11.7. The first-order chi connectivity index (χ1) is 12.1. The van der Waals surface area contributed by atoms with Gasteiger partial charge in [0.25, 0.3) is 0 Å². The third kappa shape index (κ3) is 5.68. The molecule has 150 valence electrons. The molecule has 6 heteroatoms. The number of hydrogen-bond acceptors (Lipinski definition) is 4. The molecule has 2 aliphatic heterocycles. The van der Waals surface area contributed by atoms with Gasteiger partial charge in [0.2, 0.25) is 0 Å². The first kappa shape index (κ1) is 21.2. The minimum atomic E-state index is -0.867. The van der Waals surface area contributed by atoms with E-state index in [0.717, 1.165) is 44.9 Å². The monoisotopic (exact) mass is 369 g/mol. The largest absolute Gasteiger partial charge is 0.481 e. The van der Waals surface area contributed by atoms with Crippen LogP contribution in [0.25, 0.3) is 0 Å². The smallest absolute Gasteiger partial charge is 0.332 e. The predicted octanol–water partition coefficient (Wildman–Crippen LogP) is 3.58. The number of unbranched alkanes of at least 4 members (excludes halogenated alkanes) is 4. The molecule has 3 N–H and O–H groups in total. The second-order valence-electron chi connectivity index (χ2n) is 8.96. The Kier molecular flexibility index (Phi) is 7.08. The highest BCUT2D eigenvalue weighted by Crippen LogP contribution is 2.46. The van der Waals surface area contributed by atoms with E-state index in [9.17, 15) is 14.7 Å². The Morgan fingerprint density at radius 1 is 1.12 bits per heavy atom. The molecule has 0 aromatic carbocycles. The lowest BCUT2D eigenvalue weighted by atomic mass is 9.62. The van der Waals surface area contributed by atoms with E-state index >= 15 is 0 Å². The molecule has 6 nitrogen and oxygen atoms in total. The molecule has 0 aromatic heterocycles. The summed E-state index contributed by atoms with van der Waals surface area (Å²) in [5.41, 5.74) is 0.0131. The molecular weight excluding hydrogens is 334 g/mol. The van der Waals surface area contributed by atoms with Crippen molar-refractivity contribution in [3.05, 3.63) is 0 Å². The number of piperidine rings is 2. The highest BCUT2D eigenvalue weighted by molar-refractivity contribution is 5.72. The van der Waals surface area contributed by atoms with Crippen LogP contribution >= 0.6 is 0 Å². The van der Waals surface area contributed by atoms with Gasteiger partial charge in [0.1, 0.15) is 0 Å². The van der Waals surface area contributed by atoms with Crippen molar-refractivity contribution in [2.24, 2.45) is 5.92 Å². The van der Waals surface area contributed by atoms with E-state index in [2.05, 4.69) is 26.1 Å². The lowest BCUT2D eigenvalue weighted by molar-refractivity contribution is -0.171. The fraction of sp³-hybridized carbons (Fsp3) is 0.900. The van der Waals surface area contributed by atoms with Crippen LogP contribution in [-0.2, 0) is 14.3 Å². The minimum absolute atomic E-state index is 0.00154. The van der Waals surface area contributed by atoms with Crippen LogP contribution in [0.4, 0.5) is 0 Å². The number of hydrogen-bond donors (Lipinski definition) is 3. The molecule has 1 aliphatic carbocycles. The maximum Gasteiger partial charge on any atom is 0.332 e. The second-order valence-corrected chi connectivity index (χ2v) is 8.96. The number of aliphatic carboxylic acids is 2. The SMILES string of the molecule is CC12CCC(C(OC(CCCCCCCC(=O)O)C(=O)O)C1)C(C)(C)N2. The van der Waals surface area contributed by atoms with Crippen LogP contribution in [0.2, 0.25) is 0 Å². The van der Waals surface area contributed by atoms with Gasteiger partial charge in [-0.25, -0.2) is 4.79 Å². The topological polar surface area (TPSA) is 95.9 Å². The Morgan fingerprint density at radius 3 is 2.35 bits per heavy atom. The molecule has 0 aromatic rings. The zero-order valence-electron chi connectivity index (χ0n) is 16.4. The van der Waals surface area contributed by atoms with Gasteiger partial charge in [0.15, 0.2) is 6.10 Å². The number of carboxylic acids is 2. The summed E-state index contributed by atoms with van der Waals surface area (Å²) in [7, 11) is 0. The lowest BCUT2D eigenvalue weighted by Gasteiger charge is -2.58. The zero-order valence-corrected chi connectivity index (χ0v) is 16.4. The van der Waals surface area contributed by atoms with Crippen molar-refractivity contribution in [2.45, 2.75) is 108 Å². The van der Waals surface area contributed by atoms with E-state index in [1.807, 2.05) is 0 Å². The maximum absolute atomic E-state index is 11.7. The molecule has 4 unspecified atom stereocenters. The van der Waals surface area contributed by atoms with E-state index in [-0.39, 0.29) is 23.6 Å². The summed E-state index contributed by atoms with van der Waals surface area (Å²) in [5.74, 6) is -1.27. The Hall–Kier alpha value is -1.14. The third-order valence-corrected chi connectivity index (χ3v) is 6.13. The van der Waals surface area contributed by atoms with Gasteiger partial charge in [-0.2, -0.15) is 0 Å². The Balaban J connectivity index is 1.78. The summed E-state index contributed by atoms with van der Waals surface area (Å²) in [4.78, 5) is 22.1. The van der Waals surface area contributed by atoms with Crippen molar-refractivity contribution in [2.75, 3.05) is 0 Å². The Morgan fingerprint density at radius 2 is 1.77 bits per heavy atom. The number of carbonyl (C=O) groups is 2. The fourth-order valence-electron chi connectivity index (χ4n) is 4.90. The number of nitrogens with one attached hydrogen (secondary N) is 1. The van der Waals surface area contributed by atoms with Gasteiger partial charge < -0.3 is 20.3 Å². The van der Waals surface area contributed by atoms with Crippen LogP contribution < -0.4 is 5.32 Å². The van der Waals surface area contributed by atoms with Crippen molar-refractivity contribution in [3.63, 3.8) is 0 Å². The molecule has 2 saturated heterocycles. The first-order valence-corrected chi connectivity index (χ1v) is 10.0. The summed E-state index contributed by atoms with van der Waals surface area (Å²) in [6.45, 7) is 6.60. The molecule has 2 heterocycles. The predicted molar refractivity (Wildman–Crippen MR) is 99.2 cm³/mol. The van der Waals surface area contributed by atoms with Crippen LogP contribution in [0.5, 0.6) is 0 Å². The standard InChI is InChI=1S/C20H35NO5/c1-19(2)14-11-12-20(3,21-19)13-16(14)26-15(18(24)25)9-7-5-4-6-8-10-17(22)23/h14-16,21H,4-13H2,1-3H3,(H,22,23)(H,24,25). The molecule has 0 radical (unpaired) electrons. The summed E-state index contributed by atoms with van der Waals surface area (Å²) < 4.78 is 6.13. The minimum Gasteiger partial charge on any atom is -0.481 e. The van der Waals surface area contributed by atoms with E-state index in [1.54, 1.807) is 0 Å². The molecular formula is C20H35NO5. The molecule has 0 spiro atoms. The highest BCUT2D eigenvalue weighted by Gasteiger charge is 2.53. The van der Waals surface area contributed by atoms with Crippen molar-refractivity contribution in [3.8, 4) is 0 Å². The van der Waals surface area contributed by atoms with Gasteiger partial charge in [0.05, 0.1) is 6.10 Å². The summed E-state index contributed by atoms with van der Waals surface area (Å²) in [6.07, 6.45) is 7.33. The number of fused-ring (bicyclic) bond motifs is 3. The van der Waals surface area contributed by atoms with E-state index in [0.29, 0.717) is 18.8 Å². The van der Waals surface area contributed by atoms with Crippen LogP contribution in [-0.4, -0.2) is 45.4 Å². The number of rotatable bonds is 11. The van der Waals surface area contributed by atoms with Crippen molar-refractivity contribution in [1.29, 1.82) is 0 Å². The van der Waals surface area contributed by atoms with Gasteiger partial charge in [-0.05, 0) is 52.9 Å². The summed E-state index contributed by atoms with van der Waals surface area (Å²) in [5, 5.41) is 21.9. The van der Waals surface area contributed by atoms with E-state index < -0.39 is 18.0 Å². The number of ether oxygens (including phenoxy) is 1. The van der Waals surface area contributed by atoms with E-state index in [4.69, 9.17) is 9.84 Å². The van der Waals surface area contributed by atoms with Gasteiger partial charge in [0, 0.05) is 23.4 Å². The molecule has 3 rings (SSSR count). The van der Waals surface area contributed by atoms with Gasteiger partial charge in [-0.15, -0.1) is 0 Å². The van der Waals surface area contributed by atoms with Crippen molar-refractivity contribution >= 4 is 11.9 Å². The average Bonchev–Trinajstić information content (AvgIpc) is 2.50. The molecule has 3 aliphatic rings. The normalized spacial score (nSPS) is 30.9. The van der Waals surface area contributed by atoms with Gasteiger partial charge in [-0.1, -0.05) is 25.7 Å². The lowest BCUT2D eigenvalue weighted by Crippen LogP contribution is -2.70. The fourth-order valence-corrected chi connectivity index (χ4v) is 4.90. The summed E-state index contributed by atoms with van der Waals surface area (Å²) in [6, 6.07) is 0. The molecule has 2 bridgehead atoms. The molecule has 3 fully saturated rings. The molecule has 4 atom stereocenters. The van der Waals surface area contributed by atoms with Crippen LogP contribution in [0, 0.1) is 5.92 Å². The molecule has 1 saturated carbocycles.